The number of nitrogens with one attached hydrogen (secondary N) is 1. The molecule has 0 heterocycles. The third kappa shape index (κ3) is 3.78. The van der Waals surface area contributed by atoms with Gasteiger partial charge >= 0.3 is 0 Å². The van der Waals surface area contributed by atoms with Crippen LogP contribution < -0.4 is 5.32 Å². The first kappa shape index (κ1) is 15.0. The van der Waals surface area contributed by atoms with Gasteiger partial charge in [-0.2, -0.15) is 5.26 Å². The number of nitriles is 1. The van der Waals surface area contributed by atoms with Crippen LogP contribution in [0.15, 0.2) is 34.9 Å². The Morgan fingerprint density at radius 2 is 2.10 bits per heavy atom. The van der Waals surface area contributed by atoms with Gasteiger partial charge in [0.05, 0.1) is 5.03 Å². The number of benzene rings is 1. The molecule has 0 radical (unpaired) electrons. The fourth-order valence-electron chi connectivity index (χ4n) is 1.77. The summed E-state index contributed by atoms with van der Waals surface area (Å²) in [7, 11) is 0. The van der Waals surface area contributed by atoms with Gasteiger partial charge in [0.2, 0.25) is 5.78 Å². The lowest BCUT2D eigenvalue weighted by atomic mass is 10.1. The highest BCUT2D eigenvalue weighted by Crippen LogP contribution is 2.29. The molecule has 1 aromatic carbocycles. The topological polar surface area (TPSA) is 52.9 Å². The zero-order chi connectivity index (χ0) is 14.5. The lowest BCUT2D eigenvalue weighted by molar-refractivity contribution is 0.103. The molecule has 0 spiro atoms. The summed E-state index contributed by atoms with van der Waals surface area (Å²) in [4.78, 5) is 12.4. The second kappa shape index (κ2) is 6.83. The maximum atomic E-state index is 12.4. The standard InChI is InChI=1S/C15H15ClN2OS/c1-20-15(18-9-10-2-3-10)13(8-17)14(19)11-4-6-12(16)7-5-11/h4-7,10,18H,2-3,9H2,1H3/b15-13-. The van der Waals surface area contributed by atoms with Gasteiger partial charge in [-0.15, -0.1) is 11.8 Å². The van der Waals surface area contributed by atoms with Crippen LogP contribution in [0, 0.1) is 17.2 Å². The molecule has 0 aromatic heterocycles. The van der Waals surface area contributed by atoms with Crippen molar-refractivity contribution in [2.24, 2.45) is 5.92 Å². The summed E-state index contributed by atoms with van der Waals surface area (Å²) in [5.41, 5.74) is 0.645. The average molecular weight is 307 g/mol. The number of ketones is 1. The number of nitrogens with zero attached hydrogens (tertiary/aromatic N) is 1. The minimum atomic E-state index is -0.267. The highest BCUT2D eigenvalue weighted by molar-refractivity contribution is 8.02. The zero-order valence-corrected chi connectivity index (χ0v) is 12.7. The monoisotopic (exact) mass is 306 g/mol. The van der Waals surface area contributed by atoms with Crippen molar-refractivity contribution in [2.45, 2.75) is 12.8 Å². The van der Waals surface area contributed by atoms with Crippen LogP contribution in [-0.4, -0.2) is 18.6 Å². The Morgan fingerprint density at radius 1 is 1.45 bits per heavy atom. The van der Waals surface area contributed by atoms with Crippen molar-refractivity contribution < 1.29 is 4.79 Å². The predicted octanol–water partition coefficient (Wildman–Crippen LogP) is 3.62. The Labute approximate surface area is 128 Å². The second-order valence-corrected chi connectivity index (χ2v) is 5.93. The Bertz CT molecular complexity index is 571. The van der Waals surface area contributed by atoms with Gasteiger partial charge in [-0.3, -0.25) is 4.79 Å². The molecule has 1 saturated carbocycles. The number of carbonyl (C=O) groups is 1. The van der Waals surface area contributed by atoms with E-state index in [2.05, 4.69) is 5.32 Å². The molecule has 5 heteroatoms. The fraction of sp³-hybridized carbons (Fsp3) is 0.333. The third-order valence-corrected chi connectivity index (χ3v) is 4.13. The number of halogens is 1. The van der Waals surface area contributed by atoms with Gasteiger partial charge in [-0.1, -0.05) is 11.6 Å². The van der Waals surface area contributed by atoms with E-state index in [4.69, 9.17) is 11.6 Å². The number of Topliss-reactive ketones (excluding diaryl/α,β-unsaturated/α-hetero) is 1. The fourth-order valence-corrected chi connectivity index (χ4v) is 2.47. The van der Waals surface area contributed by atoms with Crippen LogP contribution in [0.2, 0.25) is 5.02 Å². The van der Waals surface area contributed by atoms with Crippen molar-refractivity contribution in [3.63, 3.8) is 0 Å². The molecule has 1 fully saturated rings. The molecule has 0 unspecified atom stereocenters. The van der Waals surface area contributed by atoms with Gasteiger partial charge in [0.25, 0.3) is 0 Å². The molecule has 1 N–H and O–H groups in total. The Hall–Kier alpha value is -1.44. The van der Waals surface area contributed by atoms with Crippen LogP contribution in [0.4, 0.5) is 0 Å². The molecule has 0 amide bonds. The van der Waals surface area contributed by atoms with E-state index in [-0.39, 0.29) is 11.4 Å². The number of allylic oxidation sites excluding steroid dienone is 1. The zero-order valence-electron chi connectivity index (χ0n) is 11.1. The normalized spacial score (nSPS) is 15.2. The maximum absolute atomic E-state index is 12.4. The first-order valence-electron chi connectivity index (χ1n) is 6.38. The SMILES string of the molecule is CS/C(NCC1CC1)=C(/C#N)C(=O)c1ccc(Cl)cc1. The second-order valence-electron chi connectivity index (χ2n) is 4.68. The molecular formula is C15H15ClN2OS. The molecule has 104 valence electrons. The predicted molar refractivity (Wildman–Crippen MR) is 82.7 cm³/mol. The van der Waals surface area contributed by atoms with Gasteiger partial charge in [-0.25, -0.2) is 0 Å². The highest BCUT2D eigenvalue weighted by Gasteiger charge is 2.23. The number of carbonyl (C=O) groups excluding carboxylic acids is 1. The summed E-state index contributed by atoms with van der Waals surface area (Å²) in [6, 6.07) is 8.61. The minimum absolute atomic E-state index is 0.167. The molecular weight excluding hydrogens is 292 g/mol. The van der Waals surface area contributed by atoms with Crippen LogP contribution in [0.3, 0.4) is 0 Å². The maximum Gasteiger partial charge on any atom is 0.206 e. The van der Waals surface area contributed by atoms with E-state index in [1.807, 2.05) is 12.3 Å². The molecule has 0 aliphatic heterocycles. The van der Waals surface area contributed by atoms with Crippen LogP contribution in [0.1, 0.15) is 23.2 Å². The molecule has 20 heavy (non-hydrogen) atoms. The molecule has 0 bridgehead atoms. The van der Waals surface area contributed by atoms with Gasteiger partial charge in [0.1, 0.15) is 11.6 Å². The van der Waals surface area contributed by atoms with Crippen LogP contribution in [0.5, 0.6) is 0 Å². The number of hydrogen-bond donors (Lipinski definition) is 1. The van der Waals surface area contributed by atoms with E-state index in [1.165, 1.54) is 24.6 Å². The van der Waals surface area contributed by atoms with Gasteiger partial charge in [0, 0.05) is 17.1 Å². The van der Waals surface area contributed by atoms with Crippen molar-refractivity contribution in [1.82, 2.24) is 5.32 Å². The Morgan fingerprint density at radius 3 is 2.60 bits per heavy atom. The molecule has 1 aliphatic rings. The summed E-state index contributed by atoms with van der Waals surface area (Å²) in [6.45, 7) is 0.829. The largest absolute Gasteiger partial charge is 0.378 e. The van der Waals surface area contributed by atoms with Crippen molar-refractivity contribution in [3.8, 4) is 6.07 Å². The summed E-state index contributed by atoms with van der Waals surface area (Å²) in [6.07, 6.45) is 4.31. The lowest BCUT2D eigenvalue weighted by Gasteiger charge is -2.10. The minimum Gasteiger partial charge on any atom is -0.378 e. The molecule has 2 rings (SSSR count). The van der Waals surface area contributed by atoms with Gasteiger partial charge in [-0.05, 0) is 49.3 Å². The summed E-state index contributed by atoms with van der Waals surface area (Å²) >= 11 is 7.20. The Kier molecular flexibility index (Phi) is 5.11. The highest BCUT2D eigenvalue weighted by atomic mass is 35.5. The van der Waals surface area contributed by atoms with E-state index in [0.717, 1.165) is 6.54 Å². The smallest absolute Gasteiger partial charge is 0.206 e. The van der Waals surface area contributed by atoms with Crippen LogP contribution in [-0.2, 0) is 0 Å². The van der Waals surface area contributed by atoms with E-state index in [0.29, 0.717) is 21.5 Å². The quantitative estimate of drug-likeness (QED) is 0.495. The molecule has 1 aliphatic carbocycles. The molecule has 1 aromatic rings. The van der Waals surface area contributed by atoms with Crippen LogP contribution in [0.25, 0.3) is 0 Å². The van der Waals surface area contributed by atoms with Crippen LogP contribution >= 0.6 is 23.4 Å². The first-order valence-corrected chi connectivity index (χ1v) is 7.98. The summed E-state index contributed by atoms with van der Waals surface area (Å²) < 4.78 is 0. The van der Waals surface area contributed by atoms with Crippen molar-refractivity contribution in [2.75, 3.05) is 12.8 Å². The summed E-state index contributed by atoms with van der Waals surface area (Å²) in [5, 5.41) is 13.7. The third-order valence-electron chi connectivity index (χ3n) is 3.12. The van der Waals surface area contributed by atoms with E-state index in [9.17, 15) is 10.1 Å². The van der Waals surface area contributed by atoms with Gasteiger partial charge in [0.15, 0.2) is 0 Å². The van der Waals surface area contributed by atoms with E-state index >= 15 is 0 Å². The van der Waals surface area contributed by atoms with Crippen molar-refractivity contribution >= 4 is 29.1 Å². The molecule has 3 nitrogen and oxygen atoms in total. The van der Waals surface area contributed by atoms with Crippen molar-refractivity contribution in [3.05, 3.63) is 45.5 Å². The number of rotatable bonds is 6. The molecule has 0 saturated heterocycles. The van der Waals surface area contributed by atoms with E-state index in [1.54, 1.807) is 24.3 Å². The summed E-state index contributed by atoms with van der Waals surface area (Å²) in [5.74, 6) is 0.416. The molecule has 0 atom stereocenters. The van der Waals surface area contributed by atoms with Crippen molar-refractivity contribution in [1.29, 1.82) is 5.26 Å². The lowest BCUT2D eigenvalue weighted by Crippen LogP contribution is -2.18. The van der Waals surface area contributed by atoms with E-state index < -0.39 is 0 Å². The number of thioether (sulfide) groups is 1. The first-order chi connectivity index (χ1) is 9.65. The van der Waals surface area contributed by atoms with Gasteiger partial charge < -0.3 is 5.32 Å². The average Bonchev–Trinajstić information content (AvgIpc) is 3.27. The Balaban J connectivity index is 2.21. The number of hydrogen-bond acceptors (Lipinski definition) is 4.